The molecule has 0 radical (unpaired) electrons. The SMILES string of the molecule is CC(C)(CCCCCCc1ccccc1)C(=O)Nc1ccn([C@@H]2CO[C@H](CO)O2)c(=O)n1. The number of anilines is 1. The summed E-state index contributed by atoms with van der Waals surface area (Å²) in [5.74, 6) is 0.0528. The van der Waals surface area contributed by atoms with Gasteiger partial charge in [0.05, 0.1) is 13.2 Å². The molecule has 174 valence electrons. The van der Waals surface area contributed by atoms with Crippen LogP contribution in [-0.2, 0) is 20.7 Å². The molecular formula is C24H33N3O5. The Morgan fingerprint density at radius 1 is 1.19 bits per heavy atom. The zero-order chi connectivity index (χ0) is 23.0. The molecule has 2 atom stereocenters. The molecule has 3 rings (SSSR count). The smallest absolute Gasteiger partial charge is 0.351 e. The van der Waals surface area contributed by atoms with Gasteiger partial charge in [-0.3, -0.25) is 9.36 Å². The maximum atomic E-state index is 12.7. The van der Waals surface area contributed by atoms with Crippen LogP contribution in [-0.4, -0.2) is 40.1 Å². The van der Waals surface area contributed by atoms with Gasteiger partial charge in [0.25, 0.3) is 0 Å². The van der Waals surface area contributed by atoms with Crippen LogP contribution >= 0.6 is 0 Å². The summed E-state index contributed by atoms with van der Waals surface area (Å²) in [6.07, 6.45) is 6.30. The maximum Gasteiger partial charge on any atom is 0.351 e. The van der Waals surface area contributed by atoms with Crippen molar-refractivity contribution < 1.29 is 19.4 Å². The van der Waals surface area contributed by atoms with Crippen LogP contribution in [0, 0.1) is 5.41 Å². The van der Waals surface area contributed by atoms with Crippen LogP contribution in [0.3, 0.4) is 0 Å². The Hall–Kier alpha value is -2.55. The second-order valence-corrected chi connectivity index (χ2v) is 8.78. The van der Waals surface area contributed by atoms with Crippen LogP contribution in [0.25, 0.3) is 0 Å². The lowest BCUT2D eigenvalue weighted by Gasteiger charge is -2.23. The number of carbonyl (C=O) groups excluding carboxylic acids is 1. The van der Waals surface area contributed by atoms with E-state index in [9.17, 15) is 9.59 Å². The molecule has 1 aliphatic rings. The highest BCUT2D eigenvalue weighted by atomic mass is 16.7. The summed E-state index contributed by atoms with van der Waals surface area (Å²) in [4.78, 5) is 29.0. The number of benzene rings is 1. The van der Waals surface area contributed by atoms with Crippen molar-refractivity contribution in [3.63, 3.8) is 0 Å². The van der Waals surface area contributed by atoms with E-state index in [0.29, 0.717) is 0 Å². The minimum Gasteiger partial charge on any atom is -0.391 e. The third-order valence-electron chi connectivity index (χ3n) is 5.74. The topological polar surface area (TPSA) is 103 Å². The zero-order valence-corrected chi connectivity index (χ0v) is 18.8. The predicted molar refractivity (Wildman–Crippen MR) is 121 cm³/mol. The van der Waals surface area contributed by atoms with Gasteiger partial charge in [-0.2, -0.15) is 4.98 Å². The summed E-state index contributed by atoms with van der Waals surface area (Å²) in [7, 11) is 0. The average Bonchev–Trinajstić information content (AvgIpc) is 3.26. The fourth-order valence-corrected chi connectivity index (χ4v) is 3.68. The third-order valence-corrected chi connectivity index (χ3v) is 5.74. The van der Waals surface area contributed by atoms with Crippen molar-refractivity contribution in [2.45, 2.75) is 64.9 Å². The lowest BCUT2D eigenvalue weighted by atomic mass is 9.85. The van der Waals surface area contributed by atoms with Crippen LogP contribution in [0.1, 0.15) is 57.7 Å². The summed E-state index contributed by atoms with van der Waals surface area (Å²) in [5, 5.41) is 11.8. The molecule has 0 unspecified atom stereocenters. The molecule has 1 amide bonds. The van der Waals surface area contributed by atoms with Gasteiger partial charge < -0.3 is 19.9 Å². The van der Waals surface area contributed by atoms with Crippen LogP contribution in [0.4, 0.5) is 5.82 Å². The third kappa shape index (κ3) is 6.72. The number of nitrogens with zero attached hydrogens (tertiary/aromatic N) is 2. The molecule has 8 nitrogen and oxygen atoms in total. The summed E-state index contributed by atoms with van der Waals surface area (Å²) in [6, 6.07) is 12.0. The highest BCUT2D eigenvalue weighted by Crippen LogP contribution is 2.26. The van der Waals surface area contributed by atoms with Gasteiger partial charge >= 0.3 is 5.69 Å². The van der Waals surface area contributed by atoms with Gasteiger partial charge in [-0.1, -0.05) is 63.4 Å². The minimum atomic E-state index is -0.745. The first-order valence-corrected chi connectivity index (χ1v) is 11.2. The molecule has 32 heavy (non-hydrogen) atoms. The predicted octanol–water partition coefficient (Wildman–Crippen LogP) is 3.27. The Bertz CT molecular complexity index is 929. The summed E-state index contributed by atoms with van der Waals surface area (Å²) < 4.78 is 11.9. The number of amides is 1. The minimum absolute atomic E-state index is 0.150. The monoisotopic (exact) mass is 443 g/mol. The van der Waals surface area contributed by atoms with E-state index >= 15 is 0 Å². The van der Waals surface area contributed by atoms with Crippen LogP contribution < -0.4 is 11.0 Å². The number of aromatic nitrogens is 2. The molecule has 0 spiro atoms. The molecule has 8 heteroatoms. The Morgan fingerprint density at radius 2 is 1.94 bits per heavy atom. The molecule has 1 aliphatic heterocycles. The molecule has 0 bridgehead atoms. The van der Waals surface area contributed by atoms with E-state index in [1.807, 2.05) is 19.9 Å². The second-order valence-electron chi connectivity index (χ2n) is 8.78. The number of hydrogen-bond donors (Lipinski definition) is 2. The van der Waals surface area contributed by atoms with E-state index in [2.05, 4.69) is 34.6 Å². The van der Waals surface area contributed by atoms with Crippen molar-refractivity contribution in [3.05, 3.63) is 58.6 Å². The standard InChI is InChI=1S/C24H33N3O5/c1-24(2,14-9-4-3-6-10-18-11-7-5-8-12-18)22(29)25-19-13-15-27(23(30)26-19)20-17-31-21(16-28)32-20/h5,7-8,11-13,15,20-21,28H,3-4,6,9-10,14,16-17H2,1-2H3,(H,25,26,29,30)/t20-,21-/m0/s1. The number of aliphatic hydroxyl groups excluding tert-OH is 1. The molecule has 1 fully saturated rings. The molecular weight excluding hydrogens is 410 g/mol. The van der Waals surface area contributed by atoms with E-state index in [4.69, 9.17) is 14.6 Å². The summed E-state index contributed by atoms with van der Waals surface area (Å²) in [5.41, 5.74) is 0.250. The van der Waals surface area contributed by atoms with Crippen LogP contribution in [0.5, 0.6) is 0 Å². The number of aliphatic hydroxyl groups is 1. The lowest BCUT2D eigenvalue weighted by Crippen LogP contribution is -2.33. The zero-order valence-electron chi connectivity index (χ0n) is 18.8. The molecule has 2 heterocycles. The van der Waals surface area contributed by atoms with Gasteiger partial charge in [0, 0.05) is 11.6 Å². The number of carbonyl (C=O) groups is 1. The van der Waals surface area contributed by atoms with Crippen molar-refractivity contribution in [2.75, 3.05) is 18.5 Å². The van der Waals surface area contributed by atoms with Crippen molar-refractivity contribution in [2.24, 2.45) is 5.41 Å². The van der Waals surface area contributed by atoms with Gasteiger partial charge in [-0.05, 0) is 30.9 Å². The van der Waals surface area contributed by atoms with Crippen molar-refractivity contribution in [1.82, 2.24) is 9.55 Å². The van der Waals surface area contributed by atoms with Crippen molar-refractivity contribution in [3.8, 4) is 0 Å². The Labute approximate surface area is 188 Å². The first-order chi connectivity index (χ1) is 15.4. The highest BCUT2D eigenvalue weighted by molar-refractivity contribution is 5.93. The molecule has 2 N–H and O–H groups in total. The fraction of sp³-hybridized carbons (Fsp3) is 0.542. The van der Waals surface area contributed by atoms with Crippen molar-refractivity contribution >= 4 is 11.7 Å². The molecule has 1 aromatic heterocycles. The first kappa shape index (κ1) is 24.1. The van der Waals surface area contributed by atoms with E-state index in [-0.39, 0.29) is 24.9 Å². The fourth-order valence-electron chi connectivity index (χ4n) is 3.68. The quantitative estimate of drug-likeness (QED) is 0.517. The number of ether oxygens (including phenoxy) is 2. The Morgan fingerprint density at radius 3 is 2.62 bits per heavy atom. The Kier molecular flexibility index (Phi) is 8.55. The molecule has 0 aliphatic carbocycles. The molecule has 2 aromatic rings. The van der Waals surface area contributed by atoms with Crippen LogP contribution in [0.2, 0.25) is 0 Å². The van der Waals surface area contributed by atoms with Gasteiger partial charge in [0.1, 0.15) is 5.82 Å². The van der Waals surface area contributed by atoms with E-state index in [0.717, 1.165) is 38.5 Å². The first-order valence-electron chi connectivity index (χ1n) is 11.2. The summed E-state index contributed by atoms with van der Waals surface area (Å²) >= 11 is 0. The van der Waals surface area contributed by atoms with E-state index < -0.39 is 23.6 Å². The average molecular weight is 444 g/mol. The van der Waals surface area contributed by atoms with Gasteiger partial charge in [0.15, 0.2) is 12.5 Å². The lowest BCUT2D eigenvalue weighted by molar-refractivity contribution is -0.124. The summed E-state index contributed by atoms with van der Waals surface area (Å²) in [6.45, 7) is 3.68. The van der Waals surface area contributed by atoms with Crippen LogP contribution in [0.15, 0.2) is 47.4 Å². The Balaban J connectivity index is 1.42. The highest BCUT2D eigenvalue weighted by Gasteiger charge is 2.29. The number of aryl methyl sites for hydroxylation is 1. The number of hydrogen-bond acceptors (Lipinski definition) is 6. The molecule has 1 aromatic carbocycles. The normalized spacial score (nSPS) is 18.6. The van der Waals surface area contributed by atoms with E-state index in [1.54, 1.807) is 6.07 Å². The maximum absolute atomic E-state index is 12.7. The van der Waals surface area contributed by atoms with Gasteiger partial charge in [-0.25, -0.2) is 4.79 Å². The van der Waals surface area contributed by atoms with Crippen molar-refractivity contribution in [1.29, 1.82) is 0 Å². The number of unbranched alkanes of at least 4 members (excludes halogenated alkanes) is 3. The van der Waals surface area contributed by atoms with Gasteiger partial charge in [-0.15, -0.1) is 0 Å². The number of nitrogens with one attached hydrogen (secondary N) is 1. The largest absolute Gasteiger partial charge is 0.391 e. The van der Waals surface area contributed by atoms with E-state index in [1.165, 1.54) is 16.3 Å². The second kappa shape index (κ2) is 11.4. The number of rotatable bonds is 11. The van der Waals surface area contributed by atoms with Gasteiger partial charge in [0.2, 0.25) is 5.91 Å². The molecule has 1 saturated heterocycles. The molecule has 0 saturated carbocycles.